The summed E-state index contributed by atoms with van der Waals surface area (Å²) in [4.78, 5) is 29.1. The molecule has 3 rings (SSSR count). The van der Waals surface area contributed by atoms with Crippen LogP contribution in [0, 0.1) is 23.2 Å². The van der Waals surface area contributed by atoms with Crippen molar-refractivity contribution in [1.82, 2.24) is 9.80 Å². The number of nitrogens with zero attached hydrogens (tertiary/aromatic N) is 3. The van der Waals surface area contributed by atoms with Gasteiger partial charge in [0.2, 0.25) is 5.91 Å². The van der Waals surface area contributed by atoms with Gasteiger partial charge in [0.25, 0.3) is 5.91 Å². The summed E-state index contributed by atoms with van der Waals surface area (Å²) in [5, 5.41) is 9.58. The van der Waals surface area contributed by atoms with Crippen molar-refractivity contribution in [2.45, 2.75) is 25.7 Å². The van der Waals surface area contributed by atoms with Crippen molar-refractivity contribution in [1.29, 1.82) is 5.26 Å². The first-order valence-electron chi connectivity index (χ1n) is 8.81. The van der Waals surface area contributed by atoms with Crippen LogP contribution in [0.2, 0.25) is 5.02 Å². The number of piperidine rings is 2. The Hall–Kier alpha value is -2.06. The maximum Gasteiger partial charge on any atom is 0.253 e. The number of halogens is 1. The van der Waals surface area contributed by atoms with Crippen molar-refractivity contribution < 1.29 is 9.59 Å². The molecule has 0 bridgehead atoms. The Balaban J connectivity index is 1.61. The van der Waals surface area contributed by atoms with Gasteiger partial charge in [-0.1, -0.05) is 11.6 Å². The molecule has 1 aromatic rings. The summed E-state index contributed by atoms with van der Waals surface area (Å²) >= 11 is 5.88. The Morgan fingerprint density at radius 3 is 2.36 bits per heavy atom. The highest BCUT2D eigenvalue weighted by molar-refractivity contribution is 6.30. The molecule has 0 saturated carbocycles. The van der Waals surface area contributed by atoms with Crippen LogP contribution < -0.4 is 0 Å². The zero-order valence-corrected chi connectivity index (χ0v) is 14.9. The molecule has 0 spiro atoms. The number of rotatable bonds is 2. The molecule has 132 valence electrons. The molecule has 2 heterocycles. The van der Waals surface area contributed by atoms with Gasteiger partial charge in [-0.2, -0.15) is 5.26 Å². The van der Waals surface area contributed by atoms with E-state index < -0.39 is 0 Å². The van der Waals surface area contributed by atoms with Gasteiger partial charge in [-0.3, -0.25) is 9.59 Å². The summed E-state index contributed by atoms with van der Waals surface area (Å²) in [7, 11) is 0. The predicted molar refractivity (Wildman–Crippen MR) is 95.0 cm³/mol. The summed E-state index contributed by atoms with van der Waals surface area (Å²) in [6.45, 7) is 2.46. The first-order chi connectivity index (χ1) is 12.1. The van der Waals surface area contributed by atoms with Crippen LogP contribution in [0.3, 0.4) is 0 Å². The minimum Gasteiger partial charge on any atom is -0.342 e. The second kappa shape index (κ2) is 7.88. The van der Waals surface area contributed by atoms with Crippen molar-refractivity contribution in [3.05, 3.63) is 34.9 Å². The Kier molecular flexibility index (Phi) is 5.60. The van der Waals surface area contributed by atoms with Crippen LogP contribution in [0.5, 0.6) is 0 Å². The number of hydrogen-bond donors (Lipinski definition) is 0. The Morgan fingerprint density at radius 2 is 1.72 bits per heavy atom. The molecule has 0 unspecified atom stereocenters. The summed E-state index contributed by atoms with van der Waals surface area (Å²) in [6, 6.07) is 9.15. The zero-order chi connectivity index (χ0) is 17.8. The van der Waals surface area contributed by atoms with Gasteiger partial charge in [-0.05, 0) is 49.9 Å². The van der Waals surface area contributed by atoms with Crippen molar-refractivity contribution >= 4 is 23.4 Å². The highest BCUT2D eigenvalue weighted by atomic mass is 35.5. The SMILES string of the molecule is N#CC1CCN(C(=O)[C@@H]2CCCN(C(=O)c3ccc(Cl)cc3)C2)CC1. The largest absolute Gasteiger partial charge is 0.342 e. The topological polar surface area (TPSA) is 64.4 Å². The second-order valence-corrected chi connectivity index (χ2v) is 7.26. The normalized spacial score (nSPS) is 21.7. The summed E-state index contributed by atoms with van der Waals surface area (Å²) < 4.78 is 0. The smallest absolute Gasteiger partial charge is 0.253 e. The summed E-state index contributed by atoms with van der Waals surface area (Å²) in [6.07, 6.45) is 3.16. The molecular formula is C19H22ClN3O2. The van der Waals surface area contributed by atoms with E-state index in [1.807, 2.05) is 4.90 Å². The molecule has 0 aromatic heterocycles. The van der Waals surface area contributed by atoms with Crippen molar-refractivity contribution in [3.8, 4) is 6.07 Å². The third-order valence-corrected chi connectivity index (χ3v) is 5.39. The van der Waals surface area contributed by atoms with Gasteiger partial charge in [-0.15, -0.1) is 0 Å². The summed E-state index contributed by atoms with van der Waals surface area (Å²) in [5.74, 6) is 0.0179. The predicted octanol–water partition coefficient (Wildman–Crippen LogP) is 2.95. The average molecular weight is 360 g/mol. The fourth-order valence-corrected chi connectivity index (χ4v) is 3.75. The molecule has 0 radical (unpaired) electrons. The van der Waals surface area contributed by atoms with Crippen LogP contribution in [0.15, 0.2) is 24.3 Å². The molecule has 6 heteroatoms. The first kappa shape index (κ1) is 17.8. The van der Waals surface area contributed by atoms with E-state index in [1.165, 1.54) is 0 Å². The summed E-state index contributed by atoms with van der Waals surface area (Å²) in [5.41, 5.74) is 0.604. The van der Waals surface area contributed by atoms with Crippen LogP contribution in [-0.2, 0) is 4.79 Å². The number of amides is 2. The number of hydrogen-bond acceptors (Lipinski definition) is 3. The lowest BCUT2D eigenvalue weighted by molar-refractivity contribution is -0.138. The number of benzene rings is 1. The zero-order valence-electron chi connectivity index (χ0n) is 14.2. The van der Waals surface area contributed by atoms with Crippen molar-refractivity contribution in [2.24, 2.45) is 11.8 Å². The lowest BCUT2D eigenvalue weighted by Gasteiger charge is -2.37. The fraction of sp³-hybridized carbons (Fsp3) is 0.526. The van der Waals surface area contributed by atoms with Gasteiger partial charge >= 0.3 is 0 Å². The van der Waals surface area contributed by atoms with E-state index in [-0.39, 0.29) is 23.7 Å². The molecule has 1 atom stereocenters. The van der Waals surface area contributed by atoms with Gasteiger partial charge in [-0.25, -0.2) is 0 Å². The number of likely N-dealkylation sites (tertiary alicyclic amines) is 2. The van der Waals surface area contributed by atoms with Crippen LogP contribution in [0.25, 0.3) is 0 Å². The van der Waals surface area contributed by atoms with E-state index in [4.69, 9.17) is 16.9 Å². The molecule has 5 nitrogen and oxygen atoms in total. The highest BCUT2D eigenvalue weighted by Crippen LogP contribution is 2.24. The monoisotopic (exact) mass is 359 g/mol. The fourth-order valence-electron chi connectivity index (χ4n) is 3.63. The van der Waals surface area contributed by atoms with Gasteiger partial charge in [0.15, 0.2) is 0 Å². The number of carbonyl (C=O) groups excluding carboxylic acids is 2. The molecule has 25 heavy (non-hydrogen) atoms. The molecule has 1 aromatic carbocycles. The third kappa shape index (κ3) is 4.13. The average Bonchev–Trinajstić information content (AvgIpc) is 2.67. The molecule has 2 aliphatic heterocycles. The molecular weight excluding hydrogens is 338 g/mol. The van der Waals surface area contributed by atoms with E-state index in [9.17, 15) is 9.59 Å². The quantitative estimate of drug-likeness (QED) is 0.815. The van der Waals surface area contributed by atoms with E-state index in [2.05, 4.69) is 6.07 Å². The maximum absolute atomic E-state index is 12.8. The van der Waals surface area contributed by atoms with Gasteiger partial charge in [0.05, 0.1) is 12.0 Å². The van der Waals surface area contributed by atoms with E-state index in [1.54, 1.807) is 29.2 Å². The van der Waals surface area contributed by atoms with Crippen LogP contribution in [-0.4, -0.2) is 47.8 Å². The van der Waals surface area contributed by atoms with Crippen LogP contribution in [0.1, 0.15) is 36.0 Å². The molecule has 2 fully saturated rings. The minimum atomic E-state index is -0.136. The van der Waals surface area contributed by atoms with Crippen molar-refractivity contribution in [3.63, 3.8) is 0 Å². The van der Waals surface area contributed by atoms with Gasteiger partial charge in [0, 0.05) is 42.7 Å². The first-order valence-corrected chi connectivity index (χ1v) is 9.19. The lowest BCUT2D eigenvalue weighted by atomic mass is 9.93. The molecule has 2 saturated heterocycles. The number of nitriles is 1. The minimum absolute atomic E-state index is 0.0441. The molecule has 2 amide bonds. The second-order valence-electron chi connectivity index (χ2n) is 6.83. The Labute approximate surface area is 153 Å². The van der Waals surface area contributed by atoms with E-state index in [0.29, 0.717) is 36.8 Å². The number of carbonyl (C=O) groups is 2. The molecule has 2 aliphatic rings. The van der Waals surface area contributed by atoms with Crippen LogP contribution in [0.4, 0.5) is 0 Å². The molecule has 0 N–H and O–H groups in total. The van der Waals surface area contributed by atoms with Crippen LogP contribution >= 0.6 is 11.6 Å². The Bertz CT molecular complexity index is 675. The molecule has 0 aliphatic carbocycles. The van der Waals surface area contributed by atoms with E-state index in [0.717, 1.165) is 25.7 Å². The Morgan fingerprint density at radius 1 is 1.04 bits per heavy atom. The van der Waals surface area contributed by atoms with Gasteiger partial charge in [0.1, 0.15) is 0 Å². The van der Waals surface area contributed by atoms with Crippen molar-refractivity contribution in [2.75, 3.05) is 26.2 Å². The third-order valence-electron chi connectivity index (χ3n) is 5.14. The maximum atomic E-state index is 12.8. The van der Waals surface area contributed by atoms with E-state index >= 15 is 0 Å². The highest BCUT2D eigenvalue weighted by Gasteiger charge is 2.33. The lowest BCUT2D eigenvalue weighted by Crippen LogP contribution is -2.48. The van der Waals surface area contributed by atoms with Gasteiger partial charge < -0.3 is 9.80 Å². The standard InChI is InChI=1S/C19H22ClN3O2/c20-17-5-3-15(4-6-17)18(24)23-9-1-2-16(13-23)19(25)22-10-7-14(12-21)8-11-22/h3-6,14,16H,1-2,7-11,13H2/t16-/m1/s1.